The van der Waals surface area contributed by atoms with Crippen molar-refractivity contribution < 1.29 is 23.4 Å². The molecule has 2 saturated heterocycles. The zero-order chi connectivity index (χ0) is 22.7. The van der Waals surface area contributed by atoms with Crippen LogP contribution < -0.4 is 14.8 Å². The Hall–Kier alpha value is -3.20. The Morgan fingerprint density at radius 2 is 2.12 bits per heavy atom. The van der Waals surface area contributed by atoms with E-state index in [0.717, 1.165) is 18.5 Å². The number of fused-ring (bicyclic) bond motifs is 2. The van der Waals surface area contributed by atoms with E-state index in [2.05, 4.69) is 22.2 Å². The summed E-state index contributed by atoms with van der Waals surface area (Å²) in [5.74, 6) is -0.992. The van der Waals surface area contributed by atoms with Crippen molar-refractivity contribution in [2.75, 3.05) is 19.0 Å². The van der Waals surface area contributed by atoms with Crippen LogP contribution in [0.1, 0.15) is 49.7 Å². The zero-order valence-corrected chi connectivity index (χ0v) is 18.4. The summed E-state index contributed by atoms with van der Waals surface area (Å²) in [6, 6.07) is 3.21. The van der Waals surface area contributed by atoms with Crippen LogP contribution in [0.5, 0.6) is 11.6 Å². The lowest BCUT2D eigenvalue weighted by Crippen LogP contribution is -2.45. The van der Waals surface area contributed by atoms with Crippen molar-refractivity contribution >= 4 is 17.2 Å². The molecular weight excluding hydrogens is 415 g/mol. The number of imidazole rings is 1. The number of ether oxygens (including phenoxy) is 3. The minimum absolute atomic E-state index is 0.0560. The van der Waals surface area contributed by atoms with Crippen LogP contribution in [-0.2, 0) is 10.2 Å². The smallest absolute Gasteiger partial charge is 0.261 e. The van der Waals surface area contributed by atoms with Crippen molar-refractivity contribution in [1.82, 2.24) is 14.4 Å². The topological polar surface area (TPSA) is 87.0 Å². The number of anilines is 1. The number of carbonyl (C=O) groups is 1. The number of methoxy groups -OCH3 is 1. The summed E-state index contributed by atoms with van der Waals surface area (Å²) in [6.45, 7) is 6.25. The first-order chi connectivity index (χ1) is 15.2. The third kappa shape index (κ3) is 3.19. The average Bonchev–Trinajstić information content (AvgIpc) is 3.41. The lowest BCUT2D eigenvalue weighted by molar-refractivity contribution is 0.0154. The first-order valence-corrected chi connectivity index (χ1v) is 10.6. The Kier molecular flexibility index (Phi) is 4.63. The molecule has 8 nitrogen and oxygen atoms in total. The van der Waals surface area contributed by atoms with E-state index in [0.29, 0.717) is 6.61 Å². The highest BCUT2D eigenvalue weighted by Crippen LogP contribution is 2.58. The maximum absolute atomic E-state index is 15.6. The molecule has 5 heterocycles. The Labute approximate surface area is 184 Å². The summed E-state index contributed by atoms with van der Waals surface area (Å²) in [5.41, 5.74) is 1.08. The van der Waals surface area contributed by atoms with Crippen molar-refractivity contribution in [1.29, 1.82) is 0 Å². The van der Waals surface area contributed by atoms with E-state index in [9.17, 15) is 4.79 Å². The molecular formula is C23H25FN4O4. The summed E-state index contributed by atoms with van der Waals surface area (Å²) in [4.78, 5) is 21.6. The van der Waals surface area contributed by atoms with Gasteiger partial charge in [-0.1, -0.05) is 0 Å². The zero-order valence-electron chi connectivity index (χ0n) is 18.4. The highest BCUT2D eigenvalue weighted by molar-refractivity contribution is 6.06. The van der Waals surface area contributed by atoms with Crippen LogP contribution in [0.25, 0.3) is 5.65 Å². The van der Waals surface area contributed by atoms with E-state index < -0.39 is 11.7 Å². The molecule has 1 saturated carbocycles. The summed E-state index contributed by atoms with van der Waals surface area (Å²) in [7, 11) is 1.43. The number of halogens is 1. The van der Waals surface area contributed by atoms with Gasteiger partial charge in [0.25, 0.3) is 5.91 Å². The minimum Gasteiger partial charge on any atom is -0.486 e. The van der Waals surface area contributed by atoms with Gasteiger partial charge in [0, 0.05) is 24.0 Å². The van der Waals surface area contributed by atoms with Gasteiger partial charge in [0.2, 0.25) is 11.7 Å². The van der Waals surface area contributed by atoms with Crippen LogP contribution >= 0.6 is 0 Å². The third-order valence-corrected chi connectivity index (χ3v) is 6.12. The first-order valence-electron chi connectivity index (χ1n) is 10.6. The third-order valence-electron chi connectivity index (χ3n) is 6.12. The highest BCUT2D eigenvalue weighted by atomic mass is 19.1. The molecule has 32 heavy (non-hydrogen) atoms. The molecule has 3 aliphatic rings. The molecule has 0 spiro atoms. The number of hydrogen-bond acceptors (Lipinski definition) is 6. The van der Waals surface area contributed by atoms with Crippen molar-refractivity contribution in [3.05, 3.63) is 47.8 Å². The SMILES string of the molecule is COc1ncccc1C(=O)Nc1cn2cc(C34COC(C)(C3)C4)nc2c(F)c1OC(C)C. The molecule has 1 amide bonds. The maximum Gasteiger partial charge on any atom is 0.261 e. The van der Waals surface area contributed by atoms with Crippen molar-refractivity contribution in [2.24, 2.45) is 0 Å². The van der Waals surface area contributed by atoms with Gasteiger partial charge in [0.05, 0.1) is 31.1 Å². The normalized spacial score (nSPS) is 23.9. The van der Waals surface area contributed by atoms with Gasteiger partial charge in [0.1, 0.15) is 11.3 Å². The van der Waals surface area contributed by atoms with Crippen molar-refractivity contribution in [3.63, 3.8) is 0 Å². The van der Waals surface area contributed by atoms with Gasteiger partial charge in [-0.2, -0.15) is 4.39 Å². The van der Waals surface area contributed by atoms with Gasteiger partial charge < -0.3 is 23.9 Å². The number of amides is 1. The molecule has 3 fully saturated rings. The molecule has 1 N–H and O–H groups in total. The Morgan fingerprint density at radius 1 is 1.34 bits per heavy atom. The first kappa shape index (κ1) is 20.7. The fourth-order valence-corrected chi connectivity index (χ4v) is 4.83. The highest BCUT2D eigenvalue weighted by Gasteiger charge is 2.61. The van der Waals surface area contributed by atoms with E-state index in [1.54, 1.807) is 36.6 Å². The number of hydrogen-bond donors (Lipinski definition) is 1. The van der Waals surface area contributed by atoms with Crippen LogP contribution in [0.3, 0.4) is 0 Å². The maximum atomic E-state index is 15.6. The van der Waals surface area contributed by atoms with Crippen LogP contribution in [0, 0.1) is 5.82 Å². The molecule has 2 aliphatic heterocycles. The number of carbonyl (C=O) groups excluding carboxylic acids is 1. The molecule has 3 aromatic heterocycles. The Balaban J connectivity index is 1.56. The molecule has 0 unspecified atom stereocenters. The van der Waals surface area contributed by atoms with Gasteiger partial charge >= 0.3 is 0 Å². The second-order valence-corrected chi connectivity index (χ2v) is 9.10. The Morgan fingerprint density at radius 3 is 2.78 bits per heavy atom. The number of nitrogens with one attached hydrogen (secondary N) is 1. The summed E-state index contributed by atoms with van der Waals surface area (Å²) >= 11 is 0. The summed E-state index contributed by atoms with van der Waals surface area (Å²) < 4.78 is 34.0. The standard InChI is InChI=1S/C23H25FN4O4/c1-13(2)32-18-15(26-20(29)14-6-5-7-25-21(14)30-4)8-28-9-16(27-19(28)17(18)24)23-10-22(3,11-23)31-12-23/h5-9,13H,10-12H2,1-4H3,(H,26,29). The molecule has 6 rings (SSSR count). The van der Waals surface area contributed by atoms with E-state index in [4.69, 9.17) is 14.2 Å². The van der Waals surface area contributed by atoms with Gasteiger partial charge in [0.15, 0.2) is 11.4 Å². The number of pyridine rings is 2. The quantitative estimate of drug-likeness (QED) is 0.629. The molecule has 0 aromatic carbocycles. The van der Waals surface area contributed by atoms with E-state index in [1.807, 2.05) is 6.20 Å². The molecule has 168 valence electrons. The predicted molar refractivity (Wildman–Crippen MR) is 115 cm³/mol. The number of aromatic nitrogens is 3. The van der Waals surface area contributed by atoms with Crippen molar-refractivity contribution in [3.8, 4) is 11.6 Å². The molecule has 0 radical (unpaired) electrons. The minimum atomic E-state index is -0.627. The fourth-order valence-electron chi connectivity index (χ4n) is 4.83. The molecule has 9 heteroatoms. The largest absolute Gasteiger partial charge is 0.486 e. The van der Waals surface area contributed by atoms with E-state index >= 15 is 4.39 Å². The predicted octanol–water partition coefficient (Wildman–Crippen LogP) is 3.74. The van der Waals surface area contributed by atoms with Gasteiger partial charge in [-0.3, -0.25) is 4.79 Å². The molecule has 1 aliphatic carbocycles. The lowest BCUT2D eigenvalue weighted by Gasteiger charge is -2.41. The molecule has 3 aromatic rings. The van der Waals surface area contributed by atoms with Crippen LogP contribution in [-0.4, -0.2) is 45.7 Å². The molecule has 0 atom stereocenters. The molecule has 2 bridgehead atoms. The number of rotatable bonds is 6. The van der Waals surface area contributed by atoms with Gasteiger partial charge in [-0.25, -0.2) is 9.97 Å². The van der Waals surface area contributed by atoms with E-state index in [-0.39, 0.29) is 45.6 Å². The van der Waals surface area contributed by atoms with Crippen LogP contribution in [0.15, 0.2) is 30.7 Å². The second-order valence-electron chi connectivity index (χ2n) is 9.10. The summed E-state index contributed by atoms with van der Waals surface area (Å²) in [5, 5.41) is 2.75. The summed E-state index contributed by atoms with van der Waals surface area (Å²) in [6.07, 6.45) is 6.39. The fraction of sp³-hybridized carbons (Fsp3) is 0.435. The monoisotopic (exact) mass is 440 g/mol. The van der Waals surface area contributed by atoms with Crippen LogP contribution in [0.2, 0.25) is 0 Å². The van der Waals surface area contributed by atoms with Gasteiger partial charge in [-0.05, 0) is 45.7 Å². The Bertz CT molecular complexity index is 1220. The lowest BCUT2D eigenvalue weighted by atomic mass is 9.62. The van der Waals surface area contributed by atoms with Gasteiger partial charge in [-0.15, -0.1) is 0 Å². The van der Waals surface area contributed by atoms with Crippen molar-refractivity contribution in [2.45, 2.75) is 50.7 Å². The average molecular weight is 440 g/mol. The van der Waals surface area contributed by atoms with E-state index in [1.165, 1.54) is 13.3 Å². The second kappa shape index (κ2) is 7.16. The van der Waals surface area contributed by atoms with Crippen LogP contribution in [0.4, 0.5) is 10.1 Å². The number of nitrogens with zero attached hydrogens (tertiary/aromatic N) is 3.